The van der Waals surface area contributed by atoms with Gasteiger partial charge in [0.2, 0.25) is 0 Å². The van der Waals surface area contributed by atoms with Gasteiger partial charge in [0.05, 0.1) is 7.11 Å². The highest BCUT2D eigenvalue weighted by molar-refractivity contribution is 6.00. The van der Waals surface area contributed by atoms with Crippen LogP contribution in [0.1, 0.15) is 15.9 Å². The molecule has 0 saturated carbocycles. The molecule has 1 aromatic rings. The first kappa shape index (κ1) is 14.0. The van der Waals surface area contributed by atoms with Gasteiger partial charge < -0.3 is 4.74 Å². The second-order valence-electron chi connectivity index (χ2n) is 3.31. The molecule has 0 heterocycles. The Morgan fingerprint density at radius 3 is 2.17 bits per heavy atom. The zero-order valence-electron chi connectivity index (χ0n) is 9.32. The molecule has 0 fully saturated rings. The third kappa shape index (κ3) is 3.73. The molecule has 0 radical (unpaired) electrons. The van der Waals surface area contributed by atoms with Crippen molar-refractivity contribution in [1.29, 1.82) is 0 Å². The molecule has 0 unspecified atom stereocenters. The largest absolute Gasteiger partial charge is 0.466 e. The van der Waals surface area contributed by atoms with E-state index in [1.54, 1.807) is 0 Å². The Hall–Kier alpha value is -2.11. The van der Waals surface area contributed by atoms with Crippen molar-refractivity contribution in [2.45, 2.75) is 6.18 Å². The summed E-state index contributed by atoms with van der Waals surface area (Å²) in [6, 6.07) is 4.70. The predicted octanol–water partition coefficient (Wildman–Crippen LogP) is 2.62. The Bertz CT molecular complexity index is 472. The molecule has 3 nitrogen and oxygen atoms in total. The molecular weight excluding hydrogens is 249 g/mol. The van der Waals surface area contributed by atoms with Crippen LogP contribution in [-0.2, 0) is 9.53 Å². The first-order valence-corrected chi connectivity index (χ1v) is 4.82. The van der Waals surface area contributed by atoms with Crippen LogP contribution in [0, 0.1) is 0 Å². The van der Waals surface area contributed by atoms with Crippen molar-refractivity contribution in [3.05, 3.63) is 41.5 Å². The highest BCUT2D eigenvalue weighted by Crippen LogP contribution is 2.21. The summed E-state index contributed by atoms with van der Waals surface area (Å²) in [5, 5.41) is 0. The van der Waals surface area contributed by atoms with E-state index < -0.39 is 23.5 Å². The van der Waals surface area contributed by atoms with Crippen LogP contribution in [0.15, 0.2) is 30.3 Å². The van der Waals surface area contributed by atoms with E-state index >= 15 is 0 Å². The van der Waals surface area contributed by atoms with Crippen LogP contribution in [0.4, 0.5) is 13.2 Å². The lowest BCUT2D eigenvalue weighted by molar-refractivity contribution is -0.134. The molecule has 0 N–H and O–H groups in total. The molecule has 18 heavy (non-hydrogen) atoms. The topological polar surface area (TPSA) is 43.4 Å². The fourth-order valence-electron chi connectivity index (χ4n) is 1.14. The summed E-state index contributed by atoms with van der Waals surface area (Å²) in [4.78, 5) is 21.7. The minimum atomic E-state index is -4.89. The number of hydrogen-bond acceptors (Lipinski definition) is 3. The average molecular weight is 258 g/mol. The summed E-state index contributed by atoms with van der Waals surface area (Å²) >= 11 is 0. The fourth-order valence-corrected chi connectivity index (χ4v) is 1.14. The second-order valence-corrected chi connectivity index (χ2v) is 3.31. The summed E-state index contributed by atoms with van der Waals surface area (Å²) < 4.78 is 40.7. The van der Waals surface area contributed by atoms with E-state index in [0.717, 1.165) is 18.2 Å². The van der Waals surface area contributed by atoms with Crippen molar-refractivity contribution >= 4 is 17.8 Å². The van der Waals surface area contributed by atoms with Gasteiger partial charge >= 0.3 is 12.1 Å². The number of benzene rings is 1. The number of rotatable bonds is 3. The van der Waals surface area contributed by atoms with E-state index in [1.165, 1.54) is 25.3 Å². The van der Waals surface area contributed by atoms with Gasteiger partial charge in [0.25, 0.3) is 5.78 Å². The first-order chi connectivity index (χ1) is 8.34. The van der Waals surface area contributed by atoms with E-state index in [2.05, 4.69) is 4.74 Å². The first-order valence-electron chi connectivity index (χ1n) is 4.82. The van der Waals surface area contributed by atoms with Crippen LogP contribution in [0.3, 0.4) is 0 Å². The Morgan fingerprint density at radius 2 is 1.72 bits per heavy atom. The number of esters is 1. The van der Waals surface area contributed by atoms with Gasteiger partial charge in [-0.2, -0.15) is 13.2 Å². The average Bonchev–Trinajstić information content (AvgIpc) is 2.34. The molecule has 0 bridgehead atoms. The molecular formula is C12H9F3O3. The number of ketones is 1. The van der Waals surface area contributed by atoms with Crippen LogP contribution >= 0.6 is 0 Å². The molecule has 0 spiro atoms. The Morgan fingerprint density at radius 1 is 1.17 bits per heavy atom. The molecule has 1 aromatic carbocycles. The van der Waals surface area contributed by atoms with Gasteiger partial charge in [-0.1, -0.05) is 24.3 Å². The number of ether oxygens (including phenoxy) is 1. The number of methoxy groups -OCH3 is 1. The minimum Gasteiger partial charge on any atom is -0.466 e. The minimum absolute atomic E-state index is 0.447. The van der Waals surface area contributed by atoms with E-state index in [1.807, 2.05) is 0 Å². The second kappa shape index (κ2) is 5.48. The van der Waals surface area contributed by atoms with Gasteiger partial charge in [0, 0.05) is 11.6 Å². The molecule has 0 amide bonds. The molecule has 0 aliphatic carbocycles. The zero-order chi connectivity index (χ0) is 13.8. The Labute approximate surface area is 101 Å². The third-order valence-corrected chi connectivity index (χ3v) is 2.04. The zero-order valence-corrected chi connectivity index (χ0v) is 9.32. The Balaban J connectivity index is 2.84. The standard InChI is InChI=1S/C12H9F3O3/c1-18-10(16)7-4-8-2-5-9(6-3-8)11(17)12(13,14)15/h2-7H,1H3. The molecule has 0 aromatic heterocycles. The van der Waals surface area contributed by atoms with Crippen molar-refractivity contribution in [3.8, 4) is 0 Å². The quantitative estimate of drug-likeness (QED) is 0.475. The maximum atomic E-state index is 12.1. The van der Waals surface area contributed by atoms with Gasteiger partial charge in [0.15, 0.2) is 0 Å². The number of halogens is 3. The van der Waals surface area contributed by atoms with Crippen LogP contribution in [0.25, 0.3) is 6.08 Å². The predicted molar refractivity (Wildman–Crippen MR) is 57.9 cm³/mol. The van der Waals surface area contributed by atoms with Gasteiger partial charge in [0.1, 0.15) is 0 Å². The van der Waals surface area contributed by atoms with Crippen LogP contribution in [-0.4, -0.2) is 25.0 Å². The number of Topliss-reactive ketones (excluding diaryl/α,β-unsaturated/α-hetero) is 1. The van der Waals surface area contributed by atoms with Gasteiger partial charge in [-0.3, -0.25) is 4.79 Å². The van der Waals surface area contributed by atoms with Crippen molar-refractivity contribution < 1.29 is 27.5 Å². The lowest BCUT2D eigenvalue weighted by Gasteiger charge is -2.04. The van der Waals surface area contributed by atoms with E-state index in [4.69, 9.17) is 0 Å². The summed E-state index contributed by atoms with van der Waals surface area (Å²) in [5.41, 5.74) is 0.0387. The summed E-state index contributed by atoms with van der Waals surface area (Å²) in [6.45, 7) is 0. The molecule has 0 aliphatic rings. The smallest absolute Gasteiger partial charge is 0.454 e. The number of alkyl halides is 3. The van der Waals surface area contributed by atoms with Gasteiger partial charge in [-0.05, 0) is 11.6 Å². The molecule has 1 rings (SSSR count). The number of carbonyl (C=O) groups is 2. The molecule has 0 atom stereocenters. The molecule has 0 saturated heterocycles. The van der Waals surface area contributed by atoms with E-state index in [9.17, 15) is 22.8 Å². The highest BCUT2D eigenvalue weighted by atomic mass is 19.4. The third-order valence-electron chi connectivity index (χ3n) is 2.04. The van der Waals surface area contributed by atoms with Crippen molar-refractivity contribution in [2.24, 2.45) is 0 Å². The normalized spacial score (nSPS) is 11.6. The lowest BCUT2D eigenvalue weighted by atomic mass is 10.1. The molecule has 0 aliphatic heterocycles. The molecule has 96 valence electrons. The van der Waals surface area contributed by atoms with E-state index in [0.29, 0.717) is 5.56 Å². The molecule has 6 heteroatoms. The number of carbonyl (C=O) groups excluding carboxylic acids is 2. The van der Waals surface area contributed by atoms with Crippen LogP contribution < -0.4 is 0 Å². The van der Waals surface area contributed by atoms with Crippen LogP contribution in [0.2, 0.25) is 0 Å². The van der Waals surface area contributed by atoms with Crippen molar-refractivity contribution in [1.82, 2.24) is 0 Å². The van der Waals surface area contributed by atoms with Crippen molar-refractivity contribution in [3.63, 3.8) is 0 Å². The highest BCUT2D eigenvalue weighted by Gasteiger charge is 2.38. The van der Waals surface area contributed by atoms with Gasteiger partial charge in [-0.15, -0.1) is 0 Å². The summed E-state index contributed by atoms with van der Waals surface area (Å²) in [6.07, 6.45) is -2.39. The maximum absolute atomic E-state index is 12.1. The van der Waals surface area contributed by atoms with Crippen molar-refractivity contribution in [2.75, 3.05) is 7.11 Å². The fraction of sp³-hybridized carbons (Fsp3) is 0.167. The lowest BCUT2D eigenvalue weighted by Crippen LogP contribution is -2.22. The summed E-state index contributed by atoms with van der Waals surface area (Å²) in [7, 11) is 1.21. The monoisotopic (exact) mass is 258 g/mol. The SMILES string of the molecule is COC(=O)C=Cc1ccc(C(=O)C(F)(F)F)cc1. The van der Waals surface area contributed by atoms with Gasteiger partial charge in [-0.25, -0.2) is 4.79 Å². The Kier molecular flexibility index (Phi) is 4.25. The van der Waals surface area contributed by atoms with Crippen LogP contribution in [0.5, 0.6) is 0 Å². The summed E-state index contributed by atoms with van der Waals surface area (Å²) in [5.74, 6) is -2.48. The maximum Gasteiger partial charge on any atom is 0.454 e. The number of hydrogen-bond donors (Lipinski definition) is 0. The van der Waals surface area contributed by atoms with E-state index in [-0.39, 0.29) is 0 Å².